The maximum atomic E-state index is 12.4. The van der Waals surface area contributed by atoms with Gasteiger partial charge in [0.15, 0.2) is 0 Å². The zero-order valence-corrected chi connectivity index (χ0v) is 13.2. The van der Waals surface area contributed by atoms with Crippen LogP contribution in [0.4, 0.5) is 0 Å². The summed E-state index contributed by atoms with van der Waals surface area (Å²) >= 11 is 1.79. The second-order valence-corrected chi connectivity index (χ2v) is 7.81. The Labute approximate surface area is 125 Å². The molecule has 2 saturated heterocycles. The Balaban J connectivity index is 1.51. The number of nitrogens with one attached hydrogen (secondary N) is 1. The minimum absolute atomic E-state index is 0.308. The summed E-state index contributed by atoms with van der Waals surface area (Å²) in [5.74, 6) is 0.899. The molecule has 0 aromatic carbocycles. The van der Waals surface area contributed by atoms with Crippen molar-refractivity contribution in [3.8, 4) is 0 Å². The van der Waals surface area contributed by atoms with Gasteiger partial charge in [-0.1, -0.05) is 0 Å². The third-order valence-electron chi connectivity index (χ3n) is 4.65. The second kappa shape index (κ2) is 5.86. The smallest absolute Gasteiger partial charge is 0.222 e. The van der Waals surface area contributed by atoms with E-state index >= 15 is 0 Å². The van der Waals surface area contributed by atoms with E-state index in [2.05, 4.69) is 24.4 Å². The van der Waals surface area contributed by atoms with Gasteiger partial charge in [-0.25, -0.2) is 0 Å². The number of fused-ring (bicyclic) bond motifs is 2. The van der Waals surface area contributed by atoms with Crippen LogP contribution in [0, 0.1) is 12.8 Å². The van der Waals surface area contributed by atoms with Crippen molar-refractivity contribution >= 4 is 17.2 Å². The molecule has 2 fully saturated rings. The molecule has 20 heavy (non-hydrogen) atoms. The predicted octanol–water partition coefficient (Wildman–Crippen LogP) is 2.94. The number of carbonyl (C=O) groups excluding carboxylic acids is 1. The lowest BCUT2D eigenvalue weighted by molar-refractivity contribution is -0.131. The topological polar surface area (TPSA) is 32.3 Å². The van der Waals surface area contributed by atoms with Gasteiger partial charge in [0.2, 0.25) is 5.91 Å². The van der Waals surface area contributed by atoms with E-state index in [0.29, 0.717) is 23.9 Å². The number of amides is 1. The van der Waals surface area contributed by atoms with Crippen LogP contribution in [-0.4, -0.2) is 29.9 Å². The lowest BCUT2D eigenvalue weighted by atomic mass is 9.89. The number of hydrogen-bond donors (Lipinski definition) is 1. The van der Waals surface area contributed by atoms with Gasteiger partial charge in [-0.2, -0.15) is 0 Å². The zero-order valence-electron chi connectivity index (χ0n) is 12.4. The average Bonchev–Trinajstić information content (AvgIpc) is 2.95. The molecule has 0 saturated carbocycles. The van der Waals surface area contributed by atoms with Crippen molar-refractivity contribution in [2.45, 2.75) is 57.7 Å². The fraction of sp³-hybridized carbons (Fsp3) is 0.688. The first-order valence-corrected chi connectivity index (χ1v) is 8.47. The van der Waals surface area contributed by atoms with Gasteiger partial charge in [-0.3, -0.25) is 4.79 Å². The molecule has 2 aliphatic rings. The van der Waals surface area contributed by atoms with Gasteiger partial charge in [-0.05, 0) is 50.7 Å². The van der Waals surface area contributed by atoms with Crippen LogP contribution in [0.15, 0.2) is 12.1 Å². The lowest BCUT2D eigenvalue weighted by Crippen LogP contribution is -2.39. The van der Waals surface area contributed by atoms with Gasteiger partial charge in [0.1, 0.15) is 0 Å². The molecule has 0 aliphatic carbocycles. The van der Waals surface area contributed by atoms with E-state index in [4.69, 9.17) is 0 Å². The molecule has 3 heterocycles. The number of hydrogen-bond acceptors (Lipinski definition) is 3. The SMILES string of the molecule is Cc1ccc(CN(C)C(=O)CC2CC3CCC(C2)N3)s1. The van der Waals surface area contributed by atoms with Gasteiger partial charge >= 0.3 is 0 Å². The summed E-state index contributed by atoms with van der Waals surface area (Å²) in [7, 11) is 1.94. The molecular formula is C16H24N2OS. The maximum absolute atomic E-state index is 12.4. The van der Waals surface area contributed by atoms with E-state index in [0.717, 1.165) is 13.0 Å². The van der Waals surface area contributed by atoms with Crippen LogP contribution in [0.25, 0.3) is 0 Å². The van der Waals surface area contributed by atoms with Crippen LogP contribution < -0.4 is 5.32 Å². The Morgan fingerprint density at radius 2 is 2.05 bits per heavy atom. The van der Waals surface area contributed by atoms with Crippen LogP contribution in [0.1, 0.15) is 41.9 Å². The largest absolute Gasteiger partial charge is 0.341 e. The quantitative estimate of drug-likeness (QED) is 0.925. The fourth-order valence-corrected chi connectivity index (χ4v) is 4.58. The Bertz CT molecular complexity index is 473. The molecule has 0 radical (unpaired) electrons. The predicted molar refractivity (Wildman–Crippen MR) is 82.8 cm³/mol. The summed E-state index contributed by atoms with van der Waals surface area (Å²) in [6.45, 7) is 2.87. The third-order valence-corrected chi connectivity index (χ3v) is 5.63. The molecule has 3 rings (SSSR count). The van der Waals surface area contributed by atoms with Crippen molar-refractivity contribution in [1.82, 2.24) is 10.2 Å². The maximum Gasteiger partial charge on any atom is 0.222 e. The minimum atomic E-state index is 0.308. The Kier molecular flexibility index (Phi) is 4.13. The highest BCUT2D eigenvalue weighted by molar-refractivity contribution is 7.11. The molecule has 2 aliphatic heterocycles. The molecule has 0 spiro atoms. The van der Waals surface area contributed by atoms with Crippen molar-refractivity contribution in [2.24, 2.45) is 5.92 Å². The number of aryl methyl sites for hydroxylation is 1. The summed E-state index contributed by atoms with van der Waals surface area (Å²) in [5, 5.41) is 3.64. The molecule has 1 aromatic rings. The first kappa shape index (κ1) is 14.1. The average molecular weight is 292 g/mol. The van der Waals surface area contributed by atoms with Crippen molar-refractivity contribution < 1.29 is 4.79 Å². The van der Waals surface area contributed by atoms with Crippen LogP contribution in [0.2, 0.25) is 0 Å². The summed E-state index contributed by atoms with van der Waals surface area (Å²) in [5.41, 5.74) is 0. The van der Waals surface area contributed by atoms with Gasteiger partial charge in [0.25, 0.3) is 0 Å². The Hall–Kier alpha value is -0.870. The van der Waals surface area contributed by atoms with Crippen molar-refractivity contribution in [1.29, 1.82) is 0 Å². The molecule has 3 nitrogen and oxygen atoms in total. The molecule has 1 aromatic heterocycles. The van der Waals surface area contributed by atoms with Crippen LogP contribution >= 0.6 is 11.3 Å². The van der Waals surface area contributed by atoms with Gasteiger partial charge in [0.05, 0.1) is 6.54 Å². The minimum Gasteiger partial charge on any atom is -0.341 e. The van der Waals surface area contributed by atoms with E-state index in [1.165, 1.54) is 35.4 Å². The third kappa shape index (κ3) is 3.23. The summed E-state index contributed by atoms with van der Waals surface area (Å²) in [6.07, 6.45) is 5.72. The van der Waals surface area contributed by atoms with E-state index in [9.17, 15) is 4.79 Å². The standard InChI is InChI=1S/C16H24N2OS/c1-11-3-6-15(20-11)10-18(2)16(19)9-12-7-13-4-5-14(8-12)17-13/h3,6,12-14,17H,4-5,7-10H2,1-2H3. The molecule has 4 heteroatoms. The van der Waals surface area contributed by atoms with Crippen LogP contribution in [0.5, 0.6) is 0 Å². The van der Waals surface area contributed by atoms with Gasteiger partial charge in [0, 0.05) is 35.3 Å². The number of thiophene rings is 1. The Morgan fingerprint density at radius 1 is 1.35 bits per heavy atom. The van der Waals surface area contributed by atoms with Crippen LogP contribution in [0.3, 0.4) is 0 Å². The van der Waals surface area contributed by atoms with Crippen molar-refractivity contribution in [3.05, 3.63) is 21.9 Å². The summed E-state index contributed by atoms with van der Waals surface area (Å²) < 4.78 is 0. The molecule has 1 N–H and O–H groups in total. The van der Waals surface area contributed by atoms with Gasteiger partial charge < -0.3 is 10.2 Å². The van der Waals surface area contributed by atoms with E-state index in [-0.39, 0.29) is 0 Å². The monoisotopic (exact) mass is 292 g/mol. The number of nitrogens with zero attached hydrogens (tertiary/aromatic N) is 1. The molecule has 2 bridgehead atoms. The Morgan fingerprint density at radius 3 is 2.65 bits per heavy atom. The van der Waals surface area contributed by atoms with E-state index in [1.54, 1.807) is 11.3 Å². The number of piperidine rings is 1. The van der Waals surface area contributed by atoms with Gasteiger partial charge in [-0.15, -0.1) is 11.3 Å². The summed E-state index contributed by atoms with van der Waals surface area (Å²) in [6, 6.07) is 5.62. The lowest BCUT2D eigenvalue weighted by Gasteiger charge is -2.29. The second-order valence-electron chi connectivity index (χ2n) is 6.44. The first-order chi connectivity index (χ1) is 9.60. The number of carbonyl (C=O) groups is 1. The van der Waals surface area contributed by atoms with E-state index < -0.39 is 0 Å². The molecule has 110 valence electrons. The number of rotatable bonds is 4. The molecule has 2 atom stereocenters. The van der Waals surface area contributed by atoms with Crippen LogP contribution in [-0.2, 0) is 11.3 Å². The highest BCUT2D eigenvalue weighted by atomic mass is 32.1. The highest BCUT2D eigenvalue weighted by Crippen LogP contribution is 2.33. The molecule has 1 amide bonds. The highest BCUT2D eigenvalue weighted by Gasteiger charge is 2.34. The van der Waals surface area contributed by atoms with Crippen molar-refractivity contribution in [3.63, 3.8) is 0 Å². The molecule has 2 unspecified atom stereocenters. The van der Waals surface area contributed by atoms with Crippen molar-refractivity contribution in [2.75, 3.05) is 7.05 Å². The fourth-order valence-electron chi connectivity index (χ4n) is 3.64. The first-order valence-electron chi connectivity index (χ1n) is 7.65. The normalized spacial score (nSPS) is 28.6. The zero-order chi connectivity index (χ0) is 14.1. The molecular weight excluding hydrogens is 268 g/mol. The summed E-state index contributed by atoms with van der Waals surface area (Å²) in [4.78, 5) is 16.9. The van der Waals surface area contributed by atoms with E-state index in [1.807, 2.05) is 11.9 Å².